The number of amides is 2. The maximum Gasteiger partial charge on any atom is 0.326 e. The quantitative estimate of drug-likeness (QED) is 0.207. The number of benzene rings is 2. The number of nitrogens with one attached hydrogen (secondary N) is 2. The van der Waals surface area contributed by atoms with Gasteiger partial charge in [0.1, 0.15) is 23.6 Å². The topological polar surface area (TPSA) is 225 Å². The number of phenols is 2. The van der Waals surface area contributed by atoms with Crippen molar-refractivity contribution in [3.63, 3.8) is 0 Å². The molecule has 0 saturated carbocycles. The lowest BCUT2D eigenvalue weighted by Gasteiger charge is -2.13. The second-order valence-electron chi connectivity index (χ2n) is 7.07. The van der Waals surface area contributed by atoms with Crippen molar-refractivity contribution >= 4 is 23.8 Å². The van der Waals surface area contributed by atoms with Gasteiger partial charge in [-0.3, -0.25) is 9.59 Å². The molecule has 34 heavy (non-hydrogen) atoms. The minimum Gasteiger partial charge on any atom is -0.508 e. The number of hydrogen-bond donors (Lipinski definition) is 8. The van der Waals surface area contributed by atoms with Gasteiger partial charge in [-0.25, -0.2) is 9.59 Å². The summed E-state index contributed by atoms with van der Waals surface area (Å²) in [5, 5.41) is 40.6. The molecular weight excluding hydrogens is 448 g/mol. The molecule has 0 aliphatic heterocycles. The summed E-state index contributed by atoms with van der Waals surface area (Å²) in [7, 11) is 0. The number of aromatic hydroxyl groups is 2. The fraction of sp³-hybridized carbons (Fsp3) is 0.273. The maximum absolute atomic E-state index is 11.0. The third-order valence-electron chi connectivity index (χ3n) is 4.39. The van der Waals surface area contributed by atoms with E-state index < -0.39 is 35.8 Å². The Balaban J connectivity index is 0.000000340. The molecule has 184 valence electrons. The van der Waals surface area contributed by atoms with E-state index in [1.165, 1.54) is 24.3 Å². The molecule has 10 N–H and O–H groups in total. The summed E-state index contributed by atoms with van der Waals surface area (Å²) in [6.07, 6.45) is 0.280. The van der Waals surface area contributed by atoms with Gasteiger partial charge < -0.3 is 42.5 Å². The van der Waals surface area contributed by atoms with Crippen molar-refractivity contribution < 1.29 is 39.6 Å². The molecule has 0 saturated heterocycles. The molecule has 2 aromatic carbocycles. The predicted molar refractivity (Wildman–Crippen MR) is 121 cm³/mol. The van der Waals surface area contributed by atoms with Gasteiger partial charge in [-0.05, 0) is 35.4 Å². The normalized spacial score (nSPS) is 11.8. The van der Waals surface area contributed by atoms with E-state index in [0.717, 1.165) is 0 Å². The van der Waals surface area contributed by atoms with Gasteiger partial charge in [-0.1, -0.05) is 24.3 Å². The van der Waals surface area contributed by atoms with E-state index in [-0.39, 0.29) is 37.4 Å². The minimum absolute atomic E-state index is 0.103. The molecule has 0 aliphatic carbocycles. The zero-order chi connectivity index (χ0) is 25.7. The molecule has 0 aromatic heterocycles. The van der Waals surface area contributed by atoms with Crippen LogP contribution in [-0.2, 0) is 32.0 Å². The summed E-state index contributed by atoms with van der Waals surface area (Å²) in [5.74, 6) is -3.08. The molecule has 0 heterocycles. The van der Waals surface area contributed by atoms with Crippen LogP contribution in [0.4, 0.5) is 0 Å². The molecule has 2 rings (SSSR count). The summed E-state index contributed by atoms with van der Waals surface area (Å²) < 4.78 is 0. The van der Waals surface area contributed by atoms with E-state index in [9.17, 15) is 19.2 Å². The fourth-order valence-corrected chi connectivity index (χ4v) is 2.64. The van der Waals surface area contributed by atoms with Crippen LogP contribution in [0.3, 0.4) is 0 Å². The largest absolute Gasteiger partial charge is 0.508 e. The Labute approximate surface area is 195 Å². The van der Waals surface area contributed by atoms with Crippen molar-refractivity contribution in [1.82, 2.24) is 10.6 Å². The SMILES string of the molecule is NCC(=O)N[C@@H](Cc1ccc(O)cc1)C(=O)O.NCC(=O)N[C@@H](Cc1ccc(O)cc1)C(=O)O. The van der Waals surface area contributed by atoms with Gasteiger partial charge in [0, 0.05) is 12.8 Å². The van der Waals surface area contributed by atoms with E-state index in [0.29, 0.717) is 11.1 Å². The second kappa shape index (κ2) is 14.1. The second-order valence-corrected chi connectivity index (χ2v) is 7.07. The molecule has 0 radical (unpaired) electrons. The van der Waals surface area contributed by atoms with E-state index in [1.54, 1.807) is 24.3 Å². The van der Waals surface area contributed by atoms with Crippen LogP contribution in [0.5, 0.6) is 11.5 Å². The lowest BCUT2D eigenvalue weighted by atomic mass is 10.1. The molecule has 0 spiro atoms. The third-order valence-corrected chi connectivity index (χ3v) is 4.39. The number of nitrogens with two attached hydrogens (primary N) is 2. The van der Waals surface area contributed by atoms with Crippen molar-refractivity contribution in [1.29, 1.82) is 0 Å². The van der Waals surface area contributed by atoms with Gasteiger partial charge in [0.25, 0.3) is 0 Å². The number of carboxylic acids is 2. The molecule has 0 aliphatic rings. The molecule has 2 atom stereocenters. The Morgan fingerprint density at radius 1 is 0.647 bits per heavy atom. The van der Waals surface area contributed by atoms with Crippen LogP contribution in [0, 0.1) is 0 Å². The van der Waals surface area contributed by atoms with Crippen LogP contribution >= 0.6 is 0 Å². The number of aliphatic carboxylic acids is 2. The predicted octanol–water partition coefficient (Wildman–Crippen LogP) is -1.07. The summed E-state index contributed by atoms with van der Waals surface area (Å²) >= 11 is 0. The number of carbonyl (C=O) groups is 4. The molecule has 12 heteroatoms. The lowest BCUT2D eigenvalue weighted by Crippen LogP contribution is -2.44. The Morgan fingerprint density at radius 2 is 0.941 bits per heavy atom. The minimum atomic E-state index is -1.13. The summed E-state index contributed by atoms with van der Waals surface area (Å²) in [6.45, 7) is -0.501. The summed E-state index contributed by atoms with van der Waals surface area (Å²) in [4.78, 5) is 43.9. The number of hydrogen-bond acceptors (Lipinski definition) is 8. The first-order valence-corrected chi connectivity index (χ1v) is 10.1. The Bertz CT molecular complexity index is 884. The zero-order valence-corrected chi connectivity index (χ0v) is 18.2. The Kier molecular flexibility index (Phi) is 11.5. The Morgan fingerprint density at radius 3 is 1.18 bits per heavy atom. The highest BCUT2D eigenvalue weighted by Crippen LogP contribution is 2.12. The molecular formula is C22H28N4O8. The van der Waals surface area contributed by atoms with Gasteiger partial charge in [-0.2, -0.15) is 0 Å². The molecule has 0 unspecified atom stereocenters. The van der Waals surface area contributed by atoms with Crippen LogP contribution in [0.1, 0.15) is 11.1 Å². The van der Waals surface area contributed by atoms with Gasteiger partial charge in [0.2, 0.25) is 11.8 Å². The average molecular weight is 476 g/mol. The highest BCUT2D eigenvalue weighted by atomic mass is 16.4. The van der Waals surface area contributed by atoms with Crippen molar-refractivity contribution in [3.8, 4) is 11.5 Å². The van der Waals surface area contributed by atoms with Crippen LogP contribution in [0.2, 0.25) is 0 Å². The maximum atomic E-state index is 11.0. The van der Waals surface area contributed by atoms with Crippen molar-refractivity contribution in [2.45, 2.75) is 24.9 Å². The van der Waals surface area contributed by atoms with Gasteiger partial charge >= 0.3 is 11.9 Å². The van der Waals surface area contributed by atoms with E-state index >= 15 is 0 Å². The standard InChI is InChI=1S/2C11H14N2O4/c2*12-6-10(15)13-9(11(16)17)5-7-1-3-8(14)4-2-7/h2*1-4,9,14H,5-6,12H2,(H,13,15)(H,16,17)/t2*9-/m00/s1. The number of rotatable bonds is 10. The number of phenolic OH excluding ortho intramolecular Hbond substituents is 2. The van der Waals surface area contributed by atoms with E-state index in [2.05, 4.69) is 10.6 Å². The van der Waals surface area contributed by atoms with Crippen LogP contribution in [0.25, 0.3) is 0 Å². The molecule has 0 bridgehead atoms. The monoisotopic (exact) mass is 476 g/mol. The van der Waals surface area contributed by atoms with Gasteiger partial charge in [-0.15, -0.1) is 0 Å². The zero-order valence-electron chi connectivity index (χ0n) is 18.2. The van der Waals surface area contributed by atoms with Crippen LogP contribution in [-0.4, -0.2) is 69.4 Å². The summed E-state index contributed by atoms with van der Waals surface area (Å²) in [5.41, 5.74) is 11.6. The van der Waals surface area contributed by atoms with Crippen molar-refractivity contribution in [3.05, 3.63) is 59.7 Å². The third kappa shape index (κ3) is 10.4. The molecule has 2 aromatic rings. The molecule has 12 nitrogen and oxygen atoms in total. The number of carbonyl (C=O) groups excluding carboxylic acids is 2. The smallest absolute Gasteiger partial charge is 0.326 e. The lowest BCUT2D eigenvalue weighted by molar-refractivity contribution is -0.142. The first kappa shape index (κ1) is 27.9. The average Bonchev–Trinajstić information content (AvgIpc) is 2.80. The highest BCUT2D eigenvalue weighted by Gasteiger charge is 2.20. The number of carboxylic acid groups (broad SMARTS) is 2. The van der Waals surface area contributed by atoms with E-state index in [4.69, 9.17) is 31.9 Å². The van der Waals surface area contributed by atoms with Crippen LogP contribution < -0.4 is 22.1 Å². The first-order valence-electron chi connectivity index (χ1n) is 10.1. The van der Waals surface area contributed by atoms with Gasteiger partial charge in [0.15, 0.2) is 0 Å². The van der Waals surface area contributed by atoms with Crippen LogP contribution in [0.15, 0.2) is 48.5 Å². The fourth-order valence-electron chi connectivity index (χ4n) is 2.64. The highest BCUT2D eigenvalue weighted by molar-refractivity contribution is 5.85. The molecule has 2 amide bonds. The van der Waals surface area contributed by atoms with Gasteiger partial charge in [0.05, 0.1) is 13.1 Å². The molecule has 0 fully saturated rings. The van der Waals surface area contributed by atoms with Crippen molar-refractivity contribution in [2.75, 3.05) is 13.1 Å². The van der Waals surface area contributed by atoms with Crippen molar-refractivity contribution in [2.24, 2.45) is 11.5 Å². The first-order chi connectivity index (χ1) is 16.0. The summed E-state index contributed by atoms with van der Waals surface area (Å²) in [6, 6.07) is 10.2. The Hall–Kier alpha value is -4.16. The van der Waals surface area contributed by atoms with E-state index in [1.807, 2.05) is 0 Å².